The van der Waals surface area contributed by atoms with Crippen LogP contribution in [-0.4, -0.2) is 61.6 Å². The molecule has 34 heavy (non-hydrogen) atoms. The maximum absolute atomic E-state index is 13.5. The van der Waals surface area contributed by atoms with E-state index >= 15 is 0 Å². The van der Waals surface area contributed by atoms with Crippen LogP contribution in [0.25, 0.3) is 5.70 Å². The minimum absolute atomic E-state index is 0.0380. The molecular weight excluding hydrogens is 455 g/mol. The van der Waals surface area contributed by atoms with Crippen molar-refractivity contribution >= 4 is 23.1 Å². The van der Waals surface area contributed by atoms with Crippen molar-refractivity contribution in [2.45, 2.75) is 19.3 Å². The predicted molar refractivity (Wildman–Crippen MR) is 118 cm³/mol. The minimum atomic E-state index is -4.49. The molecule has 5 rings (SSSR count). The van der Waals surface area contributed by atoms with Crippen LogP contribution in [0.3, 0.4) is 0 Å². The molecule has 1 aromatic carbocycles. The van der Waals surface area contributed by atoms with Crippen LogP contribution < -0.4 is 25.4 Å². The number of fused-ring (bicyclic) bond motifs is 2. The maximum Gasteiger partial charge on any atom is 0.418 e. The second kappa shape index (κ2) is 8.67. The highest BCUT2D eigenvalue weighted by Gasteiger charge is 2.38. The molecule has 1 atom stereocenters. The zero-order valence-electron chi connectivity index (χ0n) is 18.3. The number of hydrogen-bond acceptors (Lipinski definition) is 7. The first-order chi connectivity index (χ1) is 16.4. The number of ether oxygens (including phenoxy) is 3. The lowest BCUT2D eigenvalue weighted by molar-refractivity contribution is -0.137. The van der Waals surface area contributed by atoms with Gasteiger partial charge in [-0.3, -0.25) is 4.79 Å². The Kier molecular flexibility index (Phi) is 5.68. The molecule has 0 spiro atoms. The van der Waals surface area contributed by atoms with Gasteiger partial charge in [-0.05, 0) is 25.1 Å². The molecule has 3 aliphatic rings. The van der Waals surface area contributed by atoms with Crippen LogP contribution in [0, 0.1) is 0 Å². The molecule has 3 aliphatic heterocycles. The first-order valence-electron chi connectivity index (χ1n) is 10.9. The Morgan fingerprint density at radius 3 is 2.71 bits per heavy atom. The van der Waals surface area contributed by atoms with Crippen LogP contribution in [0.15, 0.2) is 24.4 Å². The number of aromatic amines is 1. The second-order valence-electron chi connectivity index (χ2n) is 7.96. The smallest absolute Gasteiger partial charge is 0.418 e. The van der Waals surface area contributed by atoms with Crippen molar-refractivity contribution in [2.75, 3.05) is 50.3 Å². The maximum atomic E-state index is 13.5. The standard InChI is InChI=1S/C22H24F3N5O4/c1-2-26-15-9-16(29-20-17(15)13(10-27-20)22(23,24)25)28-14-4-3-12(18-19(14)34-11-33-18)21(31)30-5-7-32-8-6-30/h3-4,9-10,16,26-29H,2,5-8,11H2,1H3. The van der Waals surface area contributed by atoms with E-state index in [1.165, 1.54) is 0 Å². The van der Waals surface area contributed by atoms with E-state index in [1.54, 1.807) is 23.1 Å². The lowest BCUT2D eigenvalue weighted by Gasteiger charge is -2.28. The highest BCUT2D eigenvalue weighted by molar-refractivity contribution is 5.99. The van der Waals surface area contributed by atoms with E-state index in [-0.39, 0.29) is 24.1 Å². The van der Waals surface area contributed by atoms with Gasteiger partial charge in [0.2, 0.25) is 6.79 Å². The highest BCUT2D eigenvalue weighted by Crippen LogP contribution is 2.44. The molecular formula is C22H24F3N5O4. The van der Waals surface area contributed by atoms with Crippen molar-refractivity contribution in [2.24, 2.45) is 0 Å². The van der Waals surface area contributed by atoms with E-state index in [2.05, 4.69) is 20.9 Å². The minimum Gasteiger partial charge on any atom is -0.453 e. The summed E-state index contributed by atoms with van der Waals surface area (Å²) in [5.41, 5.74) is 0.590. The third-order valence-corrected chi connectivity index (χ3v) is 5.81. The fourth-order valence-electron chi connectivity index (χ4n) is 4.29. The number of aromatic nitrogens is 1. The third kappa shape index (κ3) is 3.98. The number of H-pyrrole nitrogens is 1. The molecule has 12 heteroatoms. The van der Waals surface area contributed by atoms with Crippen LogP contribution in [0.2, 0.25) is 0 Å². The second-order valence-corrected chi connectivity index (χ2v) is 7.96. The lowest BCUT2D eigenvalue weighted by Crippen LogP contribution is -2.40. The zero-order valence-corrected chi connectivity index (χ0v) is 18.3. The number of nitrogens with one attached hydrogen (secondary N) is 4. The van der Waals surface area contributed by atoms with Gasteiger partial charge >= 0.3 is 6.18 Å². The van der Waals surface area contributed by atoms with Crippen LogP contribution in [0.4, 0.5) is 24.7 Å². The van der Waals surface area contributed by atoms with Crippen molar-refractivity contribution in [3.63, 3.8) is 0 Å². The van der Waals surface area contributed by atoms with Crippen LogP contribution >= 0.6 is 0 Å². The first-order valence-corrected chi connectivity index (χ1v) is 10.9. The molecule has 1 fully saturated rings. The van der Waals surface area contributed by atoms with E-state index in [9.17, 15) is 18.0 Å². The number of alkyl halides is 3. The van der Waals surface area contributed by atoms with E-state index < -0.39 is 17.9 Å². The fraction of sp³-hybridized carbons (Fsp3) is 0.409. The van der Waals surface area contributed by atoms with Gasteiger partial charge in [0.1, 0.15) is 12.0 Å². The molecule has 0 bridgehead atoms. The Labute approximate surface area is 193 Å². The van der Waals surface area contributed by atoms with E-state index in [4.69, 9.17) is 14.2 Å². The molecule has 1 saturated heterocycles. The van der Waals surface area contributed by atoms with Crippen LogP contribution in [0.5, 0.6) is 11.5 Å². The summed E-state index contributed by atoms with van der Waals surface area (Å²) in [6.45, 7) is 4.18. The van der Waals surface area contributed by atoms with Gasteiger partial charge in [-0.1, -0.05) is 0 Å². The summed E-state index contributed by atoms with van der Waals surface area (Å²) < 4.78 is 57.0. The summed E-state index contributed by atoms with van der Waals surface area (Å²) in [5, 5.41) is 9.28. The lowest BCUT2D eigenvalue weighted by atomic mass is 10.0. The molecule has 1 amide bonds. The molecule has 0 radical (unpaired) electrons. The monoisotopic (exact) mass is 479 g/mol. The molecule has 1 unspecified atom stereocenters. The number of hydrogen-bond donors (Lipinski definition) is 4. The fourth-order valence-corrected chi connectivity index (χ4v) is 4.29. The summed E-state index contributed by atoms with van der Waals surface area (Å²) in [6.07, 6.45) is -2.46. The Balaban J connectivity index is 1.42. The predicted octanol–water partition coefficient (Wildman–Crippen LogP) is 3.05. The molecule has 4 N–H and O–H groups in total. The van der Waals surface area contributed by atoms with Crippen molar-refractivity contribution in [1.82, 2.24) is 15.2 Å². The molecule has 9 nitrogen and oxygen atoms in total. The topological polar surface area (TPSA) is 99.9 Å². The molecule has 182 valence electrons. The molecule has 1 aromatic heterocycles. The van der Waals surface area contributed by atoms with Gasteiger partial charge in [0.25, 0.3) is 5.91 Å². The van der Waals surface area contributed by atoms with Crippen LogP contribution in [0.1, 0.15) is 28.4 Å². The average Bonchev–Trinajstić information content (AvgIpc) is 3.47. The van der Waals surface area contributed by atoms with Gasteiger partial charge in [-0.25, -0.2) is 0 Å². The van der Waals surface area contributed by atoms with Crippen LogP contribution in [-0.2, 0) is 10.9 Å². The van der Waals surface area contributed by atoms with Crippen molar-refractivity contribution < 1.29 is 32.2 Å². The van der Waals surface area contributed by atoms with E-state index in [0.717, 1.165) is 6.20 Å². The first kappa shape index (κ1) is 22.3. The number of morpholine rings is 1. The summed E-state index contributed by atoms with van der Waals surface area (Å²) >= 11 is 0. The Bertz CT molecular complexity index is 1120. The third-order valence-electron chi connectivity index (χ3n) is 5.81. The zero-order chi connectivity index (χ0) is 23.9. The van der Waals surface area contributed by atoms with Crippen molar-refractivity contribution in [1.29, 1.82) is 0 Å². The number of amides is 1. The summed E-state index contributed by atoms with van der Waals surface area (Å²) in [5.74, 6) is 0.800. The number of anilines is 2. The number of halogens is 3. The van der Waals surface area contributed by atoms with Gasteiger partial charge < -0.3 is 40.0 Å². The Hall–Kier alpha value is -3.54. The van der Waals surface area contributed by atoms with Gasteiger partial charge in [-0.15, -0.1) is 0 Å². The van der Waals surface area contributed by atoms with E-state index in [0.29, 0.717) is 61.3 Å². The number of nitrogens with zero attached hydrogens (tertiary/aromatic N) is 1. The van der Waals surface area contributed by atoms with Crippen molar-refractivity contribution in [3.8, 4) is 11.5 Å². The molecule has 0 aliphatic carbocycles. The van der Waals surface area contributed by atoms with Gasteiger partial charge in [0, 0.05) is 31.5 Å². The SMILES string of the molecule is CCNC1=CC(Nc2ccc(C(=O)N3CCOCC3)c3c2OCO3)Nc2[nH]cc(C(F)(F)F)c21. The number of carbonyl (C=O) groups excluding carboxylic acids is 1. The quantitative estimate of drug-likeness (QED) is 0.523. The molecule has 4 heterocycles. The number of carbonyl (C=O) groups is 1. The summed E-state index contributed by atoms with van der Waals surface area (Å²) in [7, 11) is 0. The molecule has 0 saturated carbocycles. The van der Waals surface area contributed by atoms with Crippen molar-refractivity contribution in [3.05, 3.63) is 41.1 Å². The number of rotatable bonds is 5. The van der Waals surface area contributed by atoms with Gasteiger partial charge in [0.15, 0.2) is 11.5 Å². The summed E-state index contributed by atoms with van der Waals surface area (Å²) in [6, 6.07) is 3.36. The van der Waals surface area contributed by atoms with Gasteiger partial charge in [-0.2, -0.15) is 13.2 Å². The van der Waals surface area contributed by atoms with E-state index in [1.807, 2.05) is 6.92 Å². The largest absolute Gasteiger partial charge is 0.453 e. The number of benzene rings is 1. The molecule has 2 aromatic rings. The highest BCUT2D eigenvalue weighted by atomic mass is 19.4. The van der Waals surface area contributed by atoms with Gasteiger partial charge in [0.05, 0.1) is 35.6 Å². The Morgan fingerprint density at radius 2 is 1.97 bits per heavy atom. The Morgan fingerprint density at radius 1 is 1.21 bits per heavy atom. The summed E-state index contributed by atoms with van der Waals surface area (Å²) in [4.78, 5) is 17.4. The normalized spacial score (nSPS) is 19.2. The average molecular weight is 479 g/mol.